The lowest BCUT2D eigenvalue weighted by molar-refractivity contribution is 1.10. The molecule has 0 N–H and O–H groups in total. The summed E-state index contributed by atoms with van der Waals surface area (Å²) in [5.41, 5.74) is 8.40. The Balaban J connectivity index is 1.71. The first-order chi connectivity index (χ1) is 23.9. The minimum absolute atomic E-state index is 1.13. The van der Waals surface area contributed by atoms with Gasteiger partial charge in [0.1, 0.15) is 0 Å². The van der Waals surface area contributed by atoms with Gasteiger partial charge in [0.05, 0.1) is 11.4 Å². The number of para-hydroxylation sites is 1. The molecule has 0 aliphatic carbocycles. The number of nitrogens with zero attached hydrogens (tertiary/aromatic N) is 1. The van der Waals surface area contributed by atoms with Gasteiger partial charge in [-0.25, -0.2) is 0 Å². The van der Waals surface area contributed by atoms with Gasteiger partial charge in [-0.15, -0.1) is 0 Å². The van der Waals surface area contributed by atoms with Crippen molar-refractivity contribution in [1.82, 2.24) is 4.57 Å². The van der Waals surface area contributed by atoms with Crippen molar-refractivity contribution in [2.24, 2.45) is 0 Å². The molecule has 1 heterocycles. The highest BCUT2D eigenvalue weighted by Gasteiger charge is 2.47. The Hall–Kier alpha value is -5.96. The molecule has 2 heteroatoms. The Morgan fingerprint density at radius 2 is 0.604 bits per heavy atom. The second-order valence-corrected chi connectivity index (χ2v) is 15.8. The smallest absolute Gasteiger partial charge is 0.182 e. The molecule has 0 fully saturated rings. The first-order valence-corrected chi connectivity index (χ1v) is 18.5. The number of aromatic nitrogens is 1. The van der Waals surface area contributed by atoms with Gasteiger partial charge in [0.2, 0.25) is 0 Å². The molecule has 228 valence electrons. The van der Waals surface area contributed by atoms with Crippen LogP contribution in [0.25, 0.3) is 39.3 Å². The van der Waals surface area contributed by atoms with E-state index in [1.165, 1.54) is 54.4 Å². The Morgan fingerprint density at radius 1 is 0.292 bits per heavy atom. The van der Waals surface area contributed by atoms with Crippen molar-refractivity contribution >= 4 is 28.8 Å². The van der Waals surface area contributed by atoms with Crippen LogP contribution in [0.2, 0.25) is 0 Å². The van der Waals surface area contributed by atoms with Crippen LogP contribution >= 0.6 is 0 Å². The fourth-order valence-corrected chi connectivity index (χ4v) is 12.6. The topological polar surface area (TPSA) is 4.93 Å². The third-order valence-corrected chi connectivity index (χ3v) is 14.2. The lowest BCUT2D eigenvalue weighted by Gasteiger charge is -2.36. The zero-order valence-electron chi connectivity index (χ0n) is 26.7. The molecule has 0 spiro atoms. The summed E-state index contributed by atoms with van der Waals surface area (Å²) >= 11 is 0. The lowest BCUT2D eigenvalue weighted by atomic mass is 10.0. The number of hydrogen-bond acceptors (Lipinski definition) is 0. The van der Waals surface area contributed by atoms with Crippen LogP contribution in [-0.2, 0) is 0 Å². The van der Waals surface area contributed by atoms with Gasteiger partial charge in [-0.1, -0.05) is 200 Å². The molecule has 0 aliphatic rings. The second kappa shape index (κ2) is 13.0. The summed E-state index contributed by atoms with van der Waals surface area (Å²) in [5.74, 6) is 0. The molecule has 8 rings (SSSR count). The van der Waals surface area contributed by atoms with Gasteiger partial charge in [-0.05, 0) is 49.6 Å². The fraction of sp³-hybridized carbons (Fsp3) is 0. The summed E-state index contributed by atoms with van der Waals surface area (Å²) in [7, 11) is -3.05. The van der Waals surface area contributed by atoms with Crippen LogP contribution < -0.4 is 20.7 Å². The highest BCUT2D eigenvalue weighted by Crippen LogP contribution is 2.41. The van der Waals surface area contributed by atoms with E-state index in [0.717, 1.165) is 5.69 Å². The molecule has 1 aromatic heterocycles. The van der Waals surface area contributed by atoms with E-state index in [1.807, 2.05) is 0 Å². The number of hydrogen-bond donors (Lipinski definition) is 0. The normalized spacial score (nSPS) is 11.3. The molecule has 0 bridgehead atoms. The monoisotopic (exact) mass is 629 g/mol. The van der Waals surface area contributed by atoms with Crippen LogP contribution in [0.5, 0.6) is 0 Å². The van der Waals surface area contributed by atoms with Crippen LogP contribution in [0.4, 0.5) is 0 Å². The maximum Gasteiger partial charge on any atom is 0.182 e. The molecule has 0 amide bonds. The number of benzene rings is 7. The molecule has 0 atom stereocenters. The maximum absolute atomic E-state index is 3.05. The first-order valence-electron chi connectivity index (χ1n) is 16.5. The van der Waals surface area contributed by atoms with Gasteiger partial charge in [0, 0.05) is 11.3 Å². The summed E-state index contributed by atoms with van der Waals surface area (Å²) in [6.45, 7) is 0. The van der Waals surface area contributed by atoms with Crippen molar-refractivity contribution in [2.75, 3.05) is 0 Å². The Morgan fingerprint density at radius 3 is 1.00 bits per heavy atom. The van der Waals surface area contributed by atoms with Crippen molar-refractivity contribution in [3.63, 3.8) is 0 Å². The molecule has 7 aromatic carbocycles. The van der Waals surface area contributed by atoms with E-state index in [9.17, 15) is 0 Å². The summed E-state index contributed by atoms with van der Waals surface area (Å²) < 4.78 is 2.54. The third kappa shape index (κ3) is 5.04. The molecule has 1 nitrogen and oxygen atoms in total. The van der Waals surface area contributed by atoms with Gasteiger partial charge in [-0.3, -0.25) is 0 Å². The predicted molar refractivity (Wildman–Crippen MR) is 206 cm³/mol. The summed E-state index contributed by atoms with van der Waals surface area (Å²) in [5, 5.41) is 5.43. The highest BCUT2D eigenvalue weighted by molar-refractivity contribution is 7.21. The van der Waals surface area contributed by atoms with E-state index in [0.29, 0.717) is 0 Å². The predicted octanol–water partition coefficient (Wildman–Crippen LogP) is 8.86. The van der Waals surface area contributed by atoms with E-state index in [4.69, 9.17) is 0 Å². The molecule has 0 radical (unpaired) electrons. The largest absolute Gasteiger partial charge is 0.309 e. The van der Waals surface area contributed by atoms with E-state index in [1.54, 1.807) is 0 Å². The van der Waals surface area contributed by atoms with Gasteiger partial charge >= 0.3 is 0 Å². The summed E-state index contributed by atoms with van der Waals surface area (Å²) in [4.78, 5) is 0. The molecule has 48 heavy (non-hydrogen) atoms. The van der Waals surface area contributed by atoms with Crippen molar-refractivity contribution < 1.29 is 0 Å². The minimum Gasteiger partial charge on any atom is -0.309 e. The Labute approximate surface area is 284 Å². The molecule has 0 aliphatic heterocycles. The molecule has 8 aromatic rings. The molecular weight excluding hydrogens is 595 g/mol. The van der Waals surface area contributed by atoms with Crippen molar-refractivity contribution in [2.45, 2.75) is 0 Å². The van der Waals surface area contributed by atoms with E-state index >= 15 is 0 Å². The van der Waals surface area contributed by atoms with Crippen LogP contribution in [0.1, 0.15) is 0 Å². The maximum atomic E-state index is 2.54. The Kier molecular flexibility index (Phi) is 8.00. The van der Waals surface area contributed by atoms with Gasteiger partial charge in [-0.2, -0.15) is 0 Å². The van der Waals surface area contributed by atoms with Gasteiger partial charge in [0.15, 0.2) is 8.07 Å². The van der Waals surface area contributed by atoms with Crippen molar-refractivity contribution in [3.8, 4) is 39.3 Å². The average molecular weight is 630 g/mol. The van der Waals surface area contributed by atoms with E-state index in [2.05, 4.69) is 217 Å². The van der Waals surface area contributed by atoms with Crippen LogP contribution in [0, 0.1) is 0 Å². The molecule has 0 saturated carbocycles. The fourth-order valence-electron chi connectivity index (χ4n) is 7.39. The molecule has 0 saturated heterocycles. The minimum atomic E-state index is -3.05. The second-order valence-electron chi connectivity index (χ2n) is 12.1. The van der Waals surface area contributed by atoms with E-state index < -0.39 is 8.07 Å². The van der Waals surface area contributed by atoms with Crippen LogP contribution in [0.15, 0.2) is 212 Å². The Bertz CT molecular complexity index is 2030. The zero-order chi connectivity index (χ0) is 32.2. The standard InChI is InChI=1S/C46H35NSi/c1-8-22-36(23-9-1)43-44(37-24-10-2-11-25-37)47(39-28-14-4-15-29-39)45(38-26-12-3-13-27-38)46(43)48(40-30-16-5-17-31-40,41-32-18-6-19-33-41)42-34-20-7-21-35-42/h1-35H. The first kappa shape index (κ1) is 29.4. The summed E-state index contributed by atoms with van der Waals surface area (Å²) in [6.07, 6.45) is 0. The van der Waals surface area contributed by atoms with E-state index in [-0.39, 0.29) is 0 Å². The van der Waals surface area contributed by atoms with Crippen LogP contribution in [0.3, 0.4) is 0 Å². The zero-order valence-corrected chi connectivity index (χ0v) is 27.7. The van der Waals surface area contributed by atoms with Crippen molar-refractivity contribution in [1.29, 1.82) is 0 Å². The summed E-state index contributed by atoms with van der Waals surface area (Å²) in [6, 6.07) is 77.7. The quantitative estimate of drug-likeness (QED) is 0.117. The van der Waals surface area contributed by atoms with Crippen molar-refractivity contribution in [3.05, 3.63) is 212 Å². The molecular formula is C46H35NSi. The van der Waals surface area contributed by atoms with Gasteiger partial charge in [0.25, 0.3) is 0 Å². The lowest BCUT2D eigenvalue weighted by Crippen LogP contribution is -2.75. The molecule has 0 unspecified atom stereocenters. The third-order valence-electron chi connectivity index (χ3n) is 9.34. The highest BCUT2D eigenvalue weighted by atomic mass is 28.3. The SMILES string of the molecule is c1ccc(-c2c([Si](c3ccccc3)(c3ccccc3)c3ccccc3)c(-c3ccccc3)n(-c3ccccc3)c2-c2ccccc2)cc1. The number of rotatable bonds is 8. The average Bonchev–Trinajstić information content (AvgIpc) is 3.54. The van der Waals surface area contributed by atoms with Gasteiger partial charge < -0.3 is 4.57 Å². The van der Waals surface area contributed by atoms with Crippen LogP contribution in [-0.4, -0.2) is 12.6 Å².